The van der Waals surface area contributed by atoms with E-state index in [1.54, 1.807) is 12.4 Å². The molecule has 2 aliphatic rings. The molecule has 0 aromatic carbocycles. The Hall–Kier alpha value is -2.17. The molecular formula is C18H22N4O. The lowest BCUT2D eigenvalue weighted by molar-refractivity contribution is -0.134. The van der Waals surface area contributed by atoms with Crippen molar-refractivity contribution in [3.8, 4) is 11.4 Å². The number of aryl methyl sites for hydroxylation is 1. The zero-order valence-electron chi connectivity index (χ0n) is 13.5. The Morgan fingerprint density at radius 3 is 2.74 bits per heavy atom. The van der Waals surface area contributed by atoms with E-state index in [1.807, 2.05) is 18.3 Å². The first-order chi connectivity index (χ1) is 11.2. The highest BCUT2D eigenvalue weighted by Gasteiger charge is 2.36. The van der Waals surface area contributed by atoms with Gasteiger partial charge in [0, 0.05) is 48.9 Å². The van der Waals surface area contributed by atoms with Crippen molar-refractivity contribution >= 4 is 5.91 Å². The molecular weight excluding hydrogens is 288 g/mol. The summed E-state index contributed by atoms with van der Waals surface area (Å²) in [7, 11) is 0. The van der Waals surface area contributed by atoms with Gasteiger partial charge in [-0.15, -0.1) is 0 Å². The van der Waals surface area contributed by atoms with E-state index in [1.165, 1.54) is 0 Å². The highest BCUT2D eigenvalue weighted by atomic mass is 16.2. The van der Waals surface area contributed by atoms with Crippen LogP contribution in [0, 0.1) is 12.8 Å². The maximum Gasteiger partial charge on any atom is 0.225 e. The molecule has 23 heavy (non-hydrogen) atoms. The fourth-order valence-electron chi connectivity index (χ4n) is 3.58. The second-order valence-electron chi connectivity index (χ2n) is 6.68. The van der Waals surface area contributed by atoms with Gasteiger partial charge in [-0.1, -0.05) is 0 Å². The molecule has 1 aliphatic carbocycles. The number of likely N-dealkylation sites (tertiary alicyclic amines) is 1. The Morgan fingerprint density at radius 2 is 2.00 bits per heavy atom. The normalized spacial score (nSPS) is 21.4. The van der Waals surface area contributed by atoms with Gasteiger partial charge < -0.3 is 9.47 Å². The molecule has 2 aromatic heterocycles. The number of piperidine rings is 1. The smallest absolute Gasteiger partial charge is 0.225 e. The van der Waals surface area contributed by atoms with Crippen LogP contribution < -0.4 is 0 Å². The number of carbonyl (C=O) groups excluding carboxylic acids is 1. The molecule has 0 N–H and O–H groups in total. The minimum atomic E-state index is 0.303. The van der Waals surface area contributed by atoms with E-state index < -0.39 is 0 Å². The SMILES string of the molecule is Cc1cnc(-c2ccncc2)n1C1CCCN(C(=O)C2CC2)C1. The number of rotatable bonds is 3. The second-order valence-corrected chi connectivity index (χ2v) is 6.68. The summed E-state index contributed by atoms with van der Waals surface area (Å²) in [5.41, 5.74) is 2.24. The quantitative estimate of drug-likeness (QED) is 0.876. The van der Waals surface area contributed by atoms with E-state index >= 15 is 0 Å². The Bertz CT molecular complexity index is 705. The summed E-state index contributed by atoms with van der Waals surface area (Å²) in [6.07, 6.45) is 9.84. The monoisotopic (exact) mass is 310 g/mol. The van der Waals surface area contributed by atoms with Crippen molar-refractivity contribution in [3.63, 3.8) is 0 Å². The Balaban J connectivity index is 1.62. The summed E-state index contributed by atoms with van der Waals surface area (Å²) >= 11 is 0. The first-order valence-corrected chi connectivity index (χ1v) is 8.47. The molecule has 2 fully saturated rings. The van der Waals surface area contributed by atoms with Crippen LogP contribution in [0.25, 0.3) is 11.4 Å². The van der Waals surface area contributed by atoms with Crippen LogP contribution in [0.3, 0.4) is 0 Å². The standard InChI is InChI=1S/C18H22N4O/c1-13-11-20-17(14-6-8-19-9-7-14)22(13)16-3-2-10-21(12-16)18(23)15-4-5-15/h6-9,11,15-16H,2-5,10,12H2,1H3. The third kappa shape index (κ3) is 2.76. The van der Waals surface area contributed by atoms with Gasteiger partial charge in [0.15, 0.2) is 0 Å². The van der Waals surface area contributed by atoms with Gasteiger partial charge in [-0.3, -0.25) is 9.78 Å². The number of carbonyl (C=O) groups is 1. The van der Waals surface area contributed by atoms with Gasteiger partial charge in [-0.25, -0.2) is 4.98 Å². The average Bonchev–Trinajstić information content (AvgIpc) is 3.37. The predicted octanol–water partition coefficient (Wildman–Crippen LogP) is 2.83. The van der Waals surface area contributed by atoms with Gasteiger partial charge in [0.25, 0.3) is 0 Å². The summed E-state index contributed by atoms with van der Waals surface area (Å²) < 4.78 is 2.31. The zero-order valence-corrected chi connectivity index (χ0v) is 13.5. The van der Waals surface area contributed by atoms with Crippen molar-refractivity contribution in [1.29, 1.82) is 0 Å². The molecule has 120 valence electrons. The molecule has 1 unspecified atom stereocenters. The molecule has 1 saturated heterocycles. The van der Waals surface area contributed by atoms with Crippen LogP contribution in [-0.2, 0) is 4.79 Å². The lowest BCUT2D eigenvalue weighted by atomic mass is 10.0. The highest BCUT2D eigenvalue weighted by Crippen LogP contribution is 2.34. The largest absolute Gasteiger partial charge is 0.340 e. The maximum atomic E-state index is 12.4. The fraction of sp³-hybridized carbons (Fsp3) is 0.500. The van der Waals surface area contributed by atoms with Gasteiger partial charge in [0.2, 0.25) is 5.91 Å². The molecule has 3 heterocycles. The number of hydrogen-bond donors (Lipinski definition) is 0. The lowest BCUT2D eigenvalue weighted by Gasteiger charge is -2.35. The number of imidazole rings is 1. The molecule has 1 atom stereocenters. The van der Waals surface area contributed by atoms with Gasteiger partial charge >= 0.3 is 0 Å². The number of pyridine rings is 1. The van der Waals surface area contributed by atoms with Crippen molar-refractivity contribution in [2.75, 3.05) is 13.1 Å². The van der Waals surface area contributed by atoms with Crippen LogP contribution in [0.1, 0.15) is 37.4 Å². The minimum Gasteiger partial charge on any atom is -0.340 e. The van der Waals surface area contributed by atoms with E-state index in [9.17, 15) is 4.79 Å². The van der Waals surface area contributed by atoms with Gasteiger partial charge in [-0.2, -0.15) is 0 Å². The van der Waals surface area contributed by atoms with E-state index in [4.69, 9.17) is 0 Å². The molecule has 4 rings (SSSR count). The van der Waals surface area contributed by atoms with E-state index in [0.717, 1.165) is 55.9 Å². The van der Waals surface area contributed by atoms with Crippen molar-refractivity contribution in [2.45, 2.75) is 38.6 Å². The number of amides is 1. The van der Waals surface area contributed by atoms with Crippen LogP contribution in [0.5, 0.6) is 0 Å². The molecule has 0 radical (unpaired) electrons. The molecule has 0 bridgehead atoms. The lowest BCUT2D eigenvalue weighted by Crippen LogP contribution is -2.41. The van der Waals surface area contributed by atoms with Crippen molar-refractivity contribution in [3.05, 3.63) is 36.4 Å². The summed E-state index contributed by atoms with van der Waals surface area (Å²) in [6.45, 7) is 3.81. The Morgan fingerprint density at radius 1 is 1.22 bits per heavy atom. The summed E-state index contributed by atoms with van der Waals surface area (Å²) in [6, 6.07) is 4.31. The topological polar surface area (TPSA) is 51.0 Å². The molecule has 1 saturated carbocycles. The van der Waals surface area contributed by atoms with Gasteiger partial charge in [0.05, 0.1) is 6.04 Å². The van der Waals surface area contributed by atoms with E-state index in [2.05, 4.69) is 26.4 Å². The van der Waals surface area contributed by atoms with Crippen molar-refractivity contribution < 1.29 is 4.79 Å². The molecule has 5 heteroatoms. The third-order valence-electron chi connectivity index (χ3n) is 4.92. The van der Waals surface area contributed by atoms with E-state index in [-0.39, 0.29) is 0 Å². The Labute approximate surface area is 136 Å². The summed E-state index contributed by atoms with van der Waals surface area (Å²) in [5.74, 6) is 1.64. The summed E-state index contributed by atoms with van der Waals surface area (Å²) in [5, 5.41) is 0. The van der Waals surface area contributed by atoms with Crippen molar-refractivity contribution in [1.82, 2.24) is 19.4 Å². The minimum absolute atomic E-state index is 0.303. The van der Waals surface area contributed by atoms with Crippen molar-refractivity contribution in [2.24, 2.45) is 5.92 Å². The molecule has 0 spiro atoms. The van der Waals surface area contributed by atoms with Crippen LogP contribution in [0.2, 0.25) is 0 Å². The second kappa shape index (κ2) is 5.80. The molecule has 1 aliphatic heterocycles. The predicted molar refractivity (Wildman–Crippen MR) is 87.8 cm³/mol. The number of hydrogen-bond acceptors (Lipinski definition) is 3. The zero-order chi connectivity index (χ0) is 15.8. The van der Waals surface area contributed by atoms with Crippen LogP contribution in [-0.4, -0.2) is 38.4 Å². The molecule has 5 nitrogen and oxygen atoms in total. The average molecular weight is 310 g/mol. The van der Waals surface area contributed by atoms with Gasteiger partial charge in [-0.05, 0) is 44.7 Å². The number of nitrogens with zero attached hydrogens (tertiary/aromatic N) is 4. The summed E-state index contributed by atoms with van der Waals surface area (Å²) in [4.78, 5) is 23.2. The van der Waals surface area contributed by atoms with E-state index in [0.29, 0.717) is 17.9 Å². The van der Waals surface area contributed by atoms with Crippen LogP contribution in [0.15, 0.2) is 30.7 Å². The van der Waals surface area contributed by atoms with Gasteiger partial charge in [0.1, 0.15) is 5.82 Å². The maximum absolute atomic E-state index is 12.4. The first-order valence-electron chi connectivity index (χ1n) is 8.47. The highest BCUT2D eigenvalue weighted by molar-refractivity contribution is 5.81. The molecule has 1 amide bonds. The van der Waals surface area contributed by atoms with Crippen LogP contribution in [0.4, 0.5) is 0 Å². The van der Waals surface area contributed by atoms with Crippen LogP contribution >= 0.6 is 0 Å². The molecule has 2 aromatic rings. The first kappa shape index (κ1) is 14.4. The fourth-order valence-corrected chi connectivity index (χ4v) is 3.58. The Kier molecular flexibility index (Phi) is 3.63. The third-order valence-corrected chi connectivity index (χ3v) is 4.92. The number of aromatic nitrogens is 3.